The molecule has 1 aromatic heterocycles. The molecule has 2 aromatic rings. The number of rotatable bonds is 6. The summed E-state index contributed by atoms with van der Waals surface area (Å²) in [4.78, 5) is 15.1. The van der Waals surface area contributed by atoms with Gasteiger partial charge in [0.2, 0.25) is 5.91 Å². The van der Waals surface area contributed by atoms with Crippen LogP contribution in [0, 0.1) is 6.92 Å². The second-order valence-electron chi connectivity index (χ2n) is 8.00. The number of thioether (sulfide) groups is 1. The van der Waals surface area contributed by atoms with Crippen LogP contribution in [-0.4, -0.2) is 63.3 Å². The highest BCUT2D eigenvalue weighted by Crippen LogP contribution is 2.31. The fourth-order valence-corrected chi connectivity index (χ4v) is 7.00. The van der Waals surface area contributed by atoms with Gasteiger partial charge in [0.05, 0.1) is 22.9 Å². The Hall–Kier alpha value is -1.58. The van der Waals surface area contributed by atoms with Crippen molar-refractivity contribution in [2.45, 2.75) is 56.3 Å². The largest absolute Gasteiger partial charge is 0.335 e. The third kappa shape index (κ3) is 4.68. The number of aryl methyl sites for hydroxylation is 1. The van der Waals surface area contributed by atoms with Gasteiger partial charge in [0.25, 0.3) is 0 Å². The Kier molecular flexibility index (Phi) is 6.41. The fraction of sp³-hybridized carbons (Fsp3) is 0.550. The lowest BCUT2D eigenvalue weighted by Gasteiger charge is -2.34. The van der Waals surface area contributed by atoms with Gasteiger partial charge in [-0.1, -0.05) is 42.3 Å². The van der Waals surface area contributed by atoms with Crippen LogP contribution in [0.2, 0.25) is 5.02 Å². The predicted octanol–water partition coefficient (Wildman–Crippen LogP) is 3.28. The van der Waals surface area contributed by atoms with E-state index in [0.29, 0.717) is 16.6 Å². The monoisotopic (exact) mass is 468 g/mol. The zero-order chi connectivity index (χ0) is 21.3. The van der Waals surface area contributed by atoms with E-state index in [-0.39, 0.29) is 35.2 Å². The number of carbonyl (C=O) groups excluding carboxylic acids is 1. The van der Waals surface area contributed by atoms with E-state index in [4.69, 9.17) is 11.6 Å². The zero-order valence-corrected chi connectivity index (χ0v) is 19.2. The third-order valence-corrected chi connectivity index (χ3v) is 8.97. The van der Waals surface area contributed by atoms with Gasteiger partial charge in [-0.3, -0.25) is 9.36 Å². The first kappa shape index (κ1) is 21.6. The molecule has 1 aromatic carbocycles. The smallest absolute Gasteiger partial charge is 0.233 e. The number of halogens is 1. The van der Waals surface area contributed by atoms with Crippen LogP contribution in [0.15, 0.2) is 29.7 Å². The average Bonchev–Trinajstić information content (AvgIpc) is 3.44. The fourth-order valence-electron chi connectivity index (χ4n) is 4.31. The summed E-state index contributed by atoms with van der Waals surface area (Å²) in [5, 5.41) is 9.41. The quantitative estimate of drug-likeness (QED) is 0.605. The molecular weight excluding hydrogens is 444 g/mol. The van der Waals surface area contributed by atoms with Crippen LogP contribution in [0.1, 0.15) is 37.7 Å². The molecular formula is C20H25ClN4O3S2. The van der Waals surface area contributed by atoms with Crippen LogP contribution in [0.3, 0.4) is 0 Å². The van der Waals surface area contributed by atoms with Crippen molar-refractivity contribution >= 4 is 39.1 Å². The molecule has 1 saturated carbocycles. The van der Waals surface area contributed by atoms with Crippen molar-refractivity contribution in [3.8, 4) is 5.69 Å². The molecule has 162 valence electrons. The molecule has 7 nitrogen and oxygen atoms in total. The lowest BCUT2D eigenvalue weighted by Crippen LogP contribution is -2.47. The summed E-state index contributed by atoms with van der Waals surface area (Å²) in [6.07, 6.45) is 6.21. The van der Waals surface area contributed by atoms with Crippen molar-refractivity contribution in [3.05, 3.63) is 35.1 Å². The Morgan fingerprint density at radius 2 is 2.03 bits per heavy atom. The summed E-state index contributed by atoms with van der Waals surface area (Å²) < 4.78 is 25.8. The summed E-state index contributed by atoms with van der Waals surface area (Å²) in [6.45, 7) is 1.94. The molecule has 1 aliphatic carbocycles. The van der Waals surface area contributed by atoms with E-state index in [9.17, 15) is 13.2 Å². The Morgan fingerprint density at radius 3 is 2.70 bits per heavy atom. The molecule has 4 rings (SSSR count). The molecule has 0 spiro atoms. The summed E-state index contributed by atoms with van der Waals surface area (Å²) in [5.41, 5.74) is 1.82. The maximum Gasteiger partial charge on any atom is 0.233 e. The van der Waals surface area contributed by atoms with Crippen LogP contribution in [-0.2, 0) is 14.6 Å². The SMILES string of the molecule is Cc1ccc(-n2cnnc2SCC(=O)N(C2CCCC2)[C@H]2CCS(=O)(=O)C2)cc1Cl. The highest BCUT2D eigenvalue weighted by atomic mass is 35.5. The van der Waals surface area contributed by atoms with Gasteiger partial charge in [-0.2, -0.15) is 0 Å². The highest BCUT2D eigenvalue weighted by Gasteiger charge is 2.38. The minimum Gasteiger partial charge on any atom is -0.335 e. The number of sulfone groups is 1. The Balaban J connectivity index is 1.49. The number of nitrogens with zero attached hydrogens (tertiary/aromatic N) is 4. The molecule has 0 bridgehead atoms. The van der Waals surface area contributed by atoms with E-state index < -0.39 is 9.84 Å². The number of amides is 1. The molecule has 2 heterocycles. The van der Waals surface area contributed by atoms with Crippen LogP contribution in [0.5, 0.6) is 0 Å². The van der Waals surface area contributed by atoms with Gasteiger partial charge in [0.1, 0.15) is 6.33 Å². The Labute approximate surface area is 186 Å². The van der Waals surface area contributed by atoms with E-state index in [1.54, 1.807) is 6.33 Å². The maximum atomic E-state index is 13.2. The molecule has 2 fully saturated rings. The van der Waals surface area contributed by atoms with Gasteiger partial charge in [0, 0.05) is 17.1 Å². The number of hydrogen-bond donors (Lipinski definition) is 0. The van der Waals surface area contributed by atoms with Gasteiger partial charge >= 0.3 is 0 Å². The topological polar surface area (TPSA) is 85.2 Å². The van der Waals surface area contributed by atoms with Crippen molar-refractivity contribution < 1.29 is 13.2 Å². The molecule has 0 unspecified atom stereocenters. The normalized spacial score (nSPS) is 21.2. The third-order valence-electron chi connectivity index (χ3n) is 5.88. The van der Waals surface area contributed by atoms with Crippen molar-refractivity contribution in [2.24, 2.45) is 0 Å². The predicted molar refractivity (Wildman–Crippen MR) is 118 cm³/mol. The van der Waals surface area contributed by atoms with E-state index >= 15 is 0 Å². The number of benzene rings is 1. The second-order valence-corrected chi connectivity index (χ2v) is 11.6. The number of aromatic nitrogens is 3. The number of carbonyl (C=O) groups is 1. The first-order valence-corrected chi connectivity index (χ1v) is 13.3. The Morgan fingerprint density at radius 1 is 1.27 bits per heavy atom. The average molecular weight is 469 g/mol. The van der Waals surface area contributed by atoms with Gasteiger partial charge in [0.15, 0.2) is 15.0 Å². The van der Waals surface area contributed by atoms with Crippen molar-refractivity contribution in [2.75, 3.05) is 17.3 Å². The molecule has 30 heavy (non-hydrogen) atoms. The molecule has 0 radical (unpaired) electrons. The number of hydrogen-bond acceptors (Lipinski definition) is 6. The molecule has 1 amide bonds. The molecule has 1 saturated heterocycles. The first-order chi connectivity index (χ1) is 14.3. The van der Waals surface area contributed by atoms with Crippen LogP contribution >= 0.6 is 23.4 Å². The summed E-state index contributed by atoms with van der Waals surface area (Å²) in [5.74, 6) is 0.429. The van der Waals surface area contributed by atoms with Gasteiger partial charge < -0.3 is 4.90 Å². The first-order valence-electron chi connectivity index (χ1n) is 10.1. The highest BCUT2D eigenvalue weighted by molar-refractivity contribution is 7.99. The lowest BCUT2D eigenvalue weighted by molar-refractivity contribution is -0.132. The lowest BCUT2D eigenvalue weighted by atomic mass is 10.1. The van der Waals surface area contributed by atoms with Gasteiger partial charge in [-0.15, -0.1) is 10.2 Å². The molecule has 10 heteroatoms. The van der Waals surface area contributed by atoms with Crippen LogP contribution in [0.4, 0.5) is 0 Å². The second kappa shape index (κ2) is 8.88. The van der Waals surface area contributed by atoms with Gasteiger partial charge in [-0.05, 0) is 43.9 Å². The molecule has 2 aliphatic rings. The van der Waals surface area contributed by atoms with Crippen LogP contribution in [0.25, 0.3) is 5.69 Å². The van der Waals surface area contributed by atoms with Crippen LogP contribution < -0.4 is 0 Å². The van der Waals surface area contributed by atoms with Crippen molar-refractivity contribution in [3.63, 3.8) is 0 Å². The minimum absolute atomic E-state index is 0.0227. The zero-order valence-electron chi connectivity index (χ0n) is 16.8. The minimum atomic E-state index is -3.05. The van der Waals surface area contributed by atoms with Crippen molar-refractivity contribution in [1.29, 1.82) is 0 Å². The summed E-state index contributed by atoms with van der Waals surface area (Å²) >= 11 is 7.57. The summed E-state index contributed by atoms with van der Waals surface area (Å²) in [7, 11) is -3.05. The summed E-state index contributed by atoms with van der Waals surface area (Å²) in [6, 6.07) is 5.65. The van der Waals surface area contributed by atoms with Crippen molar-refractivity contribution in [1.82, 2.24) is 19.7 Å². The van der Waals surface area contributed by atoms with E-state index in [1.165, 1.54) is 11.8 Å². The Bertz CT molecular complexity index is 1030. The van der Waals surface area contributed by atoms with E-state index in [1.807, 2.05) is 34.6 Å². The van der Waals surface area contributed by atoms with E-state index in [0.717, 1.165) is 36.9 Å². The molecule has 0 N–H and O–H groups in total. The molecule has 1 aliphatic heterocycles. The standard InChI is InChI=1S/C20H25ClN4O3S2/c1-14-6-7-16(10-18(14)21)24-13-22-23-20(24)29-11-19(26)25(15-4-2-3-5-15)17-8-9-30(27,28)12-17/h6-7,10,13,15,17H,2-5,8-9,11-12H2,1H3/t17-/m0/s1. The van der Waals surface area contributed by atoms with Gasteiger partial charge in [-0.25, -0.2) is 8.42 Å². The maximum absolute atomic E-state index is 13.2. The molecule has 1 atom stereocenters. The van der Waals surface area contributed by atoms with E-state index in [2.05, 4.69) is 10.2 Å².